The van der Waals surface area contributed by atoms with Gasteiger partial charge in [0.1, 0.15) is 4.90 Å². The van der Waals surface area contributed by atoms with Crippen LogP contribution in [0.2, 0.25) is 0 Å². The summed E-state index contributed by atoms with van der Waals surface area (Å²) in [7, 11) is -3.60. The van der Waals surface area contributed by atoms with Crippen molar-refractivity contribution in [2.45, 2.75) is 51.0 Å². The first-order valence-electron chi connectivity index (χ1n) is 9.85. The van der Waals surface area contributed by atoms with Gasteiger partial charge in [-0.3, -0.25) is 8.99 Å². The summed E-state index contributed by atoms with van der Waals surface area (Å²) in [5.41, 5.74) is 3.23. The normalized spacial score (nSPS) is 18.1. The highest BCUT2D eigenvalue weighted by Gasteiger charge is 2.34. The largest absolute Gasteiger partial charge is 0.301 e. The number of hydrogen-bond donors (Lipinski definition) is 0. The SMILES string of the molecule is Cc1nn(CCN2CCCCC2)c(C)c1S(=O)(=O)N1CCc2ccccc21. The van der Waals surface area contributed by atoms with Crippen LogP contribution in [-0.4, -0.2) is 49.3 Å². The lowest BCUT2D eigenvalue weighted by Crippen LogP contribution is -2.33. The second kappa shape index (κ2) is 7.28. The van der Waals surface area contributed by atoms with Crippen molar-refractivity contribution in [2.24, 2.45) is 0 Å². The molecule has 6 nitrogen and oxygen atoms in total. The summed E-state index contributed by atoms with van der Waals surface area (Å²) < 4.78 is 30.3. The van der Waals surface area contributed by atoms with Gasteiger partial charge in [0.25, 0.3) is 10.0 Å². The van der Waals surface area contributed by atoms with E-state index in [4.69, 9.17) is 0 Å². The van der Waals surface area contributed by atoms with E-state index < -0.39 is 10.0 Å². The molecular formula is C20H28N4O2S. The summed E-state index contributed by atoms with van der Waals surface area (Å²) in [6, 6.07) is 7.76. The zero-order chi connectivity index (χ0) is 19.0. The van der Waals surface area contributed by atoms with Crippen LogP contribution in [0.4, 0.5) is 5.69 Å². The third-order valence-corrected chi connectivity index (χ3v) is 7.85. The lowest BCUT2D eigenvalue weighted by Gasteiger charge is -2.26. The van der Waals surface area contributed by atoms with Crippen LogP contribution in [0.15, 0.2) is 29.2 Å². The smallest absolute Gasteiger partial charge is 0.268 e. The van der Waals surface area contributed by atoms with Crippen LogP contribution in [0.1, 0.15) is 36.2 Å². The number of aryl methyl sites for hydroxylation is 1. The molecule has 1 aromatic heterocycles. The average molecular weight is 389 g/mol. The van der Waals surface area contributed by atoms with Gasteiger partial charge in [-0.1, -0.05) is 24.6 Å². The first kappa shape index (κ1) is 18.5. The maximum Gasteiger partial charge on any atom is 0.268 e. The number of fused-ring (bicyclic) bond motifs is 1. The van der Waals surface area contributed by atoms with E-state index in [0.717, 1.165) is 49.5 Å². The van der Waals surface area contributed by atoms with E-state index in [2.05, 4.69) is 10.00 Å². The van der Waals surface area contributed by atoms with Gasteiger partial charge in [0.15, 0.2) is 0 Å². The lowest BCUT2D eigenvalue weighted by atomic mass is 10.1. The molecule has 0 atom stereocenters. The number of piperidine rings is 1. The van der Waals surface area contributed by atoms with E-state index in [1.54, 1.807) is 11.2 Å². The molecule has 4 rings (SSSR count). The molecule has 1 aromatic carbocycles. The highest BCUT2D eigenvalue weighted by molar-refractivity contribution is 7.93. The Balaban J connectivity index is 1.59. The van der Waals surface area contributed by atoms with Crippen molar-refractivity contribution in [3.63, 3.8) is 0 Å². The second-order valence-electron chi connectivity index (χ2n) is 7.58. The highest BCUT2D eigenvalue weighted by Crippen LogP contribution is 2.34. The van der Waals surface area contributed by atoms with Crippen LogP contribution in [-0.2, 0) is 23.0 Å². The Kier molecular flexibility index (Phi) is 4.99. The minimum absolute atomic E-state index is 0.373. The quantitative estimate of drug-likeness (QED) is 0.790. The van der Waals surface area contributed by atoms with Crippen LogP contribution in [0.5, 0.6) is 0 Å². The molecule has 0 saturated carbocycles. The Hall–Kier alpha value is -1.86. The van der Waals surface area contributed by atoms with E-state index >= 15 is 0 Å². The number of rotatable bonds is 5. The van der Waals surface area contributed by atoms with Gasteiger partial charge in [0, 0.05) is 13.1 Å². The predicted molar refractivity (Wildman–Crippen MR) is 107 cm³/mol. The van der Waals surface area contributed by atoms with Gasteiger partial charge in [-0.2, -0.15) is 5.10 Å². The first-order chi connectivity index (χ1) is 13.0. The Morgan fingerprint density at radius 1 is 1.00 bits per heavy atom. The molecule has 2 aliphatic heterocycles. The van der Waals surface area contributed by atoms with Gasteiger partial charge in [0.05, 0.1) is 23.6 Å². The van der Waals surface area contributed by atoms with Gasteiger partial charge >= 0.3 is 0 Å². The number of hydrogen-bond acceptors (Lipinski definition) is 4. The highest BCUT2D eigenvalue weighted by atomic mass is 32.2. The van der Waals surface area contributed by atoms with E-state index in [-0.39, 0.29) is 0 Å². The third-order valence-electron chi connectivity index (χ3n) is 5.78. The molecule has 0 bridgehead atoms. The molecule has 0 radical (unpaired) electrons. The Morgan fingerprint density at radius 3 is 2.52 bits per heavy atom. The summed E-state index contributed by atoms with van der Waals surface area (Å²) in [6.45, 7) is 8.11. The fraction of sp³-hybridized carbons (Fsp3) is 0.550. The van der Waals surface area contributed by atoms with Crippen molar-refractivity contribution in [2.75, 3.05) is 30.5 Å². The zero-order valence-electron chi connectivity index (χ0n) is 16.2. The van der Waals surface area contributed by atoms with Crippen LogP contribution in [0.25, 0.3) is 0 Å². The maximum absolute atomic E-state index is 13.4. The molecule has 0 aliphatic carbocycles. The van der Waals surface area contributed by atoms with Crippen molar-refractivity contribution in [3.05, 3.63) is 41.2 Å². The minimum atomic E-state index is -3.60. The Bertz CT molecular complexity index is 929. The monoisotopic (exact) mass is 388 g/mol. The minimum Gasteiger partial charge on any atom is -0.301 e. The summed E-state index contributed by atoms with van der Waals surface area (Å²) in [5, 5.41) is 4.57. The van der Waals surface area contributed by atoms with Gasteiger partial charge in [-0.15, -0.1) is 0 Å². The number of benzene rings is 1. The number of aromatic nitrogens is 2. The molecule has 2 aliphatic rings. The fourth-order valence-electron chi connectivity index (χ4n) is 4.36. The van der Waals surface area contributed by atoms with E-state index in [9.17, 15) is 8.42 Å². The summed E-state index contributed by atoms with van der Waals surface area (Å²) in [5.74, 6) is 0. The van der Waals surface area contributed by atoms with Gasteiger partial charge in [-0.25, -0.2) is 8.42 Å². The van der Waals surface area contributed by atoms with Crippen molar-refractivity contribution in [1.29, 1.82) is 0 Å². The van der Waals surface area contributed by atoms with E-state index in [1.807, 2.05) is 35.9 Å². The van der Waals surface area contributed by atoms with Gasteiger partial charge < -0.3 is 4.90 Å². The molecule has 0 unspecified atom stereocenters. The van der Waals surface area contributed by atoms with Crippen molar-refractivity contribution in [3.8, 4) is 0 Å². The second-order valence-corrected chi connectivity index (χ2v) is 9.38. The molecule has 0 N–H and O–H groups in total. The molecule has 146 valence electrons. The first-order valence-corrected chi connectivity index (χ1v) is 11.3. The molecule has 1 fully saturated rings. The van der Waals surface area contributed by atoms with E-state index in [1.165, 1.54) is 19.3 Å². The van der Waals surface area contributed by atoms with Gasteiger partial charge in [0.2, 0.25) is 0 Å². The number of likely N-dealkylation sites (tertiary alicyclic amines) is 1. The predicted octanol–water partition coefficient (Wildman–Crippen LogP) is 2.74. The molecule has 7 heteroatoms. The van der Waals surface area contributed by atoms with Crippen LogP contribution < -0.4 is 4.31 Å². The number of sulfonamides is 1. The molecular weight excluding hydrogens is 360 g/mol. The molecule has 1 saturated heterocycles. The third kappa shape index (κ3) is 3.38. The number of nitrogens with zero attached hydrogens (tertiary/aromatic N) is 4. The van der Waals surface area contributed by atoms with Crippen molar-refractivity contribution >= 4 is 15.7 Å². The molecule has 27 heavy (non-hydrogen) atoms. The number of anilines is 1. The molecule has 2 aromatic rings. The van der Waals surface area contributed by atoms with Crippen LogP contribution in [0, 0.1) is 13.8 Å². The standard InChI is InChI=1S/C20H28N4O2S/c1-16-20(17(2)23(21-16)15-14-22-11-6-3-7-12-22)27(25,26)24-13-10-18-8-4-5-9-19(18)24/h4-5,8-9H,3,6-7,10-15H2,1-2H3. The van der Waals surface area contributed by atoms with E-state index in [0.29, 0.717) is 17.1 Å². The fourth-order valence-corrected chi connectivity index (χ4v) is 6.24. The molecule has 0 amide bonds. The number of para-hydroxylation sites is 1. The molecule has 0 spiro atoms. The summed E-state index contributed by atoms with van der Waals surface area (Å²) >= 11 is 0. The summed E-state index contributed by atoms with van der Waals surface area (Å²) in [4.78, 5) is 2.82. The average Bonchev–Trinajstić information content (AvgIpc) is 3.22. The zero-order valence-corrected chi connectivity index (χ0v) is 17.0. The molecule has 3 heterocycles. The van der Waals surface area contributed by atoms with Crippen molar-refractivity contribution in [1.82, 2.24) is 14.7 Å². The summed E-state index contributed by atoms with van der Waals surface area (Å²) in [6.07, 6.45) is 4.59. The topological polar surface area (TPSA) is 58.4 Å². The van der Waals surface area contributed by atoms with Crippen LogP contribution in [0.3, 0.4) is 0 Å². The van der Waals surface area contributed by atoms with Crippen molar-refractivity contribution < 1.29 is 8.42 Å². The van der Waals surface area contributed by atoms with Gasteiger partial charge in [-0.05, 0) is 57.8 Å². The Morgan fingerprint density at radius 2 is 1.74 bits per heavy atom. The Labute approximate surface area is 161 Å². The lowest BCUT2D eigenvalue weighted by molar-refractivity contribution is 0.217. The maximum atomic E-state index is 13.4. The van der Waals surface area contributed by atoms with Crippen LogP contribution >= 0.6 is 0 Å².